The van der Waals surface area contributed by atoms with Gasteiger partial charge in [0.2, 0.25) is 0 Å². The van der Waals surface area contributed by atoms with Gasteiger partial charge in [-0.3, -0.25) is 0 Å². The quantitative estimate of drug-likeness (QED) is 0.471. The van der Waals surface area contributed by atoms with Crippen LogP contribution in [0.25, 0.3) is 0 Å². The fourth-order valence-electron chi connectivity index (χ4n) is 0.251. The molecule has 0 aromatic rings. The molecule has 0 unspecified atom stereocenters. The normalized spacial score (nSPS) is 13.0. The van der Waals surface area contributed by atoms with Crippen molar-refractivity contribution < 1.29 is 13.2 Å². The van der Waals surface area contributed by atoms with E-state index < -0.39 is 12.6 Å². The molecular formula is C5H7F3. The highest BCUT2D eigenvalue weighted by Crippen LogP contribution is 2.19. The Bertz CT molecular complexity index is 80.2. The topological polar surface area (TPSA) is 0 Å². The molecule has 0 nitrogen and oxygen atoms in total. The van der Waals surface area contributed by atoms with E-state index in [-0.39, 0.29) is 0 Å². The van der Waals surface area contributed by atoms with Crippen molar-refractivity contribution in [2.45, 2.75) is 19.5 Å². The Morgan fingerprint density at radius 1 is 1.38 bits per heavy atom. The second kappa shape index (κ2) is 2.74. The van der Waals surface area contributed by atoms with Gasteiger partial charge >= 0.3 is 6.18 Å². The van der Waals surface area contributed by atoms with Crippen LogP contribution in [0.15, 0.2) is 12.2 Å². The molecule has 0 amide bonds. The first-order valence-electron chi connectivity index (χ1n) is 2.24. The number of allylic oxidation sites excluding steroid dienone is 2. The molecule has 0 saturated carbocycles. The van der Waals surface area contributed by atoms with E-state index in [0.29, 0.717) is 0 Å². The lowest BCUT2D eigenvalue weighted by molar-refractivity contribution is -0.125. The third-order valence-corrected chi connectivity index (χ3v) is 0.585. The monoisotopic (exact) mass is 124 g/mol. The summed E-state index contributed by atoms with van der Waals surface area (Å²) in [6.45, 7) is 1.56. The van der Waals surface area contributed by atoms with Gasteiger partial charge in [-0.25, -0.2) is 0 Å². The summed E-state index contributed by atoms with van der Waals surface area (Å²) in [5.41, 5.74) is 0. The summed E-state index contributed by atoms with van der Waals surface area (Å²) >= 11 is 0. The van der Waals surface area contributed by atoms with Crippen molar-refractivity contribution in [2.75, 3.05) is 0 Å². The van der Waals surface area contributed by atoms with Gasteiger partial charge in [-0.15, -0.1) is 0 Å². The van der Waals surface area contributed by atoms with Crippen molar-refractivity contribution in [3.05, 3.63) is 12.2 Å². The lowest BCUT2D eigenvalue weighted by Crippen LogP contribution is -2.03. The van der Waals surface area contributed by atoms with Crippen molar-refractivity contribution in [1.82, 2.24) is 0 Å². The molecule has 0 aliphatic carbocycles. The molecule has 0 aliphatic rings. The first-order valence-corrected chi connectivity index (χ1v) is 2.24. The summed E-state index contributed by atoms with van der Waals surface area (Å²) in [5.74, 6) is 0. The summed E-state index contributed by atoms with van der Waals surface area (Å²) < 4.78 is 33.6. The Morgan fingerprint density at radius 3 is 2.00 bits per heavy atom. The zero-order valence-corrected chi connectivity index (χ0v) is 4.50. The number of halogens is 3. The van der Waals surface area contributed by atoms with E-state index >= 15 is 0 Å². The molecule has 0 fully saturated rings. The number of alkyl halides is 3. The van der Waals surface area contributed by atoms with E-state index in [9.17, 15) is 13.2 Å². The molecule has 0 aromatic heterocycles. The molecule has 0 rings (SSSR count). The van der Waals surface area contributed by atoms with E-state index in [4.69, 9.17) is 0 Å². The maximum Gasteiger partial charge on any atom is 0.392 e. The van der Waals surface area contributed by atoms with Crippen LogP contribution in [0, 0.1) is 0 Å². The second-order valence-electron chi connectivity index (χ2n) is 1.39. The average Bonchev–Trinajstić information content (AvgIpc) is 1.59. The minimum atomic E-state index is -4.04. The van der Waals surface area contributed by atoms with Crippen LogP contribution >= 0.6 is 0 Å². The number of rotatable bonds is 1. The van der Waals surface area contributed by atoms with Crippen LogP contribution in [0.3, 0.4) is 0 Å². The van der Waals surface area contributed by atoms with Crippen LogP contribution in [-0.2, 0) is 0 Å². The molecule has 0 aliphatic heterocycles. The van der Waals surface area contributed by atoms with E-state index in [1.807, 2.05) is 0 Å². The molecule has 0 bridgehead atoms. The molecular weight excluding hydrogens is 117 g/mol. The molecule has 0 heterocycles. The smallest absolute Gasteiger partial charge is 0.171 e. The zero-order valence-electron chi connectivity index (χ0n) is 4.50. The van der Waals surface area contributed by atoms with Crippen molar-refractivity contribution in [3.8, 4) is 0 Å². The molecule has 0 radical (unpaired) electrons. The van der Waals surface area contributed by atoms with Crippen LogP contribution < -0.4 is 0 Å². The molecule has 0 aromatic carbocycles. The van der Waals surface area contributed by atoms with Gasteiger partial charge in [0.05, 0.1) is 6.42 Å². The fraction of sp³-hybridized carbons (Fsp3) is 0.600. The molecule has 0 saturated heterocycles. The van der Waals surface area contributed by atoms with Crippen LogP contribution in [-0.4, -0.2) is 6.18 Å². The summed E-state index contributed by atoms with van der Waals surface area (Å²) in [4.78, 5) is 0. The predicted molar refractivity (Wildman–Crippen MR) is 25.5 cm³/mol. The fourth-order valence-corrected chi connectivity index (χ4v) is 0.251. The van der Waals surface area contributed by atoms with Crippen molar-refractivity contribution >= 4 is 0 Å². The summed E-state index contributed by atoms with van der Waals surface area (Å²) in [6, 6.07) is 0. The predicted octanol–water partition coefficient (Wildman–Crippen LogP) is 2.51. The Labute approximate surface area is 46.0 Å². The highest BCUT2D eigenvalue weighted by Gasteiger charge is 2.24. The van der Waals surface area contributed by atoms with Crippen LogP contribution in [0.5, 0.6) is 0 Å². The van der Waals surface area contributed by atoms with Crippen LogP contribution in [0.1, 0.15) is 13.3 Å². The van der Waals surface area contributed by atoms with Crippen LogP contribution in [0.2, 0.25) is 0 Å². The first kappa shape index (κ1) is 7.53. The van der Waals surface area contributed by atoms with Gasteiger partial charge in [0.1, 0.15) is 0 Å². The molecule has 0 spiro atoms. The number of hydrogen-bond acceptors (Lipinski definition) is 0. The molecule has 8 heavy (non-hydrogen) atoms. The standard InChI is InChI=1S/C5H7F3/c1-2-3-4-5(6,7)8/h2-3H,4H2,1H3/b3-2-. The highest BCUT2D eigenvalue weighted by molar-refractivity contribution is 4.79. The lowest BCUT2D eigenvalue weighted by atomic mass is 10.4. The summed E-state index contributed by atoms with van der Waals surface area (Å²) in [6.07, 6.45) is -2.39. The third-order valence-electron chi connectivity index (χ3n) is 0.585. The van der Waals surface area contributed by atoms with Gasteiger partial charge in [-0.05, 0) is 6.92 Å². The minimum absolute atomic E-state index is 0.816. The molecule has 0 N–H and O–H groups in total. The Morgan fingerprint density at radius 2 is 1.88 bits per heavy atom. The van der Waals surface area contributed by atoms with Crippen molar-refractivity contribution in [1.29, 1.82) is 0 Å². The van der Waals surface area contributed by atoms with Gasteiger partial charge < -0.3 is 0 Å². The van der Waals surface area contributed by atoms with E-state index in [1.54, 1.807) is 6.92 Å². The lowest BCUT2D eigenvalue weighted by Gasteiger charge is -1.98. The maximum atomic E-state index is 11.2. The minimum Gasteiger partial charge on any atom is -0.171 e. The van der Waals surface area contributed by atoms with Gasteiger partial charge in [-0.1, -0.05) is 12.2 Å². The van der Waals surface area contributed by atoms with Gasteiger partial charge in [0.15, 0.2) is 0 Å². The Balaban J connectivity index is 3.39. The highest BCUT2D eigenvalue weighted by atomic mass is 19.4. The van der Waals surface area contributed by atoms with Crippen molar-refractivity contribution in [2.24, 2.45) is 0 Å². The van der Waals surface area contributed by atoms with Gasteiger partial charge in [0, 0.05) is 0 Å². The Kier molecular flexibility index (Phi) is 2.58. The first-order chi connectivity index (χ1) is 3.56. The van der Waals surface area contributed by atoms with E-state index in [0.717, 1.165) is 6.08 Å². The van der Waals surface area contributed by atoms with Gasteiger partial charge in [-0.2, -0.15) is 13.2 Å². The third kappa shape index (κ3) is 5.53. The molecule has 3 heteroatoms. The molecule has 48 valence electrons. The molecule has 0 atom stereocenters. The number of hydrogen-bond donors (Lipinski definition) is 0. The summed E-state index contributed by atoms with van der Waals surface area (Å²) in [5, 5.41) is 0. The summed E-state index contributed by atoms with van der Waals surface area (Å²) in [7, 11) is 0. The van der Waals surface area contributed by atoms with E-state index in [1.165, 1.54) is 6.08 Å². The largest absolute Gasteiger partial charge is 0.392 e. The SMILES string of the molecule is C/C=C\CC(F)(F)F. The van der Waals surface area contributed by atoms with Crippen molar-refractivity contribution in [3.63, 3.8) is 0 Å². The van der Waals surface area contributed by atoms with E-state index in [2.05, 4.69) is 0 Å². The average molecular weight is 124 g/mol. The second-order valence-corrected chi connectivity index (χ2v) is 1.39. The maximum absolute atomic E-state index is 11.2. The van der Waals surface area contributed by atoms with Crippen LogP contribution in [0.4, 0.5) is 13.2 Å². The Hall–Kier alpha value is -0.470. The zero-order chi connectivity index (χ0) is 6.62. The van der Waals surface area contributed by atoms with Gasteiger partial charge in [0.25, 0.3) is 0 Å².